The van der Waals surface area contributed by atoms with Gasteiger partial charge in [-0.3, -0.25) is 4.98 Å². The van der Waals surface area contributed by atoms with Gasteiger partial charge in [-0.2, -0.15) is 4.98 Å². The van der Waals surface area contributed by atoms with Gasteiger partial charge in [0.15, 0.2) is 0 Å². The highest BCUT2D eigenvalue weighted by Crippen LogP contribution is 2.21. The molecule has 0 aliphatic carbocycles. The second-order valence-electron chi connectivity index (χ2n) is 5.34. The highest BCUT2D eigenvalue weighted by atomic mass is 35.5. The molecule has 3 rings (SSSR count). The van der Waals surface area contributed by atoms with Gasteiger partial charge >= 0.3 is 0 Å². The number of hydrogen-bond acceptors (Lipinski definition) is 6. The van der Waals surface area contributed by atoms with E-state index in [1.165, 1.54) is 0 Å². The number of aliphatic hydroxyl groups is 1. The van der Waals surface area contributed by atoms with E-state index in [9.17, 15) is 0 Å². The Bertz CT molecular complexity index is 829. The molecule has 6 nitrogen and oxygen atoms in total. The number of benzene rings is 1. The average molecular weight is 356 g/mol. The van der Waals surface area contributed by atoms with Crippen molar-refractivity contribution in [1.29, 1.82) is 0 Å². The van der Waals surface area contributed by atoms with Gasteiger partial charge in [0.2, 0.25) is 5.95 Å². The lowest BCUT2D eigenvalue weighted by Gasteiger charge is -2.11. The van der Waals surface area contributed by atoms with E-state index >= 15 is 0 Å². The van der Waals surface area contributed by atoms with Crippen LogP contribution in [0.1, 0.15) is 5.56 Å². The van der Waals surface area contributed by atoms with Crippen molar-refractivity contribution in [3.63, 3.8) is 0 Å². The van der Waals surface area contributed by atoms with Crippen molar-refractivity contribution < 1.29 is 5.11 Å². The van der Waals surface area contributed by atoms with Crippen molar-refractivity contribution in [3.05, 3.63) is 65.4 Å². The van der Waals surface area contributed by atoms with Crippen LogP contribution in [0.15, 0.2) is 54.9 Å². The van der Waals surface area contributed by atoms with Crippen molar-refractivity contribution in [2.24, 2.45) is 0 Å². The Labute approximate surface area is 150 Å². The van der Waals surface area contributed by atoms with Crippen molar-refractivity contribution in [1.82, 2.24) is 15.0 Å². The van der Waals surface area contributed by atoms with Crippen LogP contribution in [0.4, 0.5) is 11.8 Å². The van der Waals surface area contributed by atoms with Gasteiger partial charge in [-0.25, -0.2) is 4.98 Å². The molecule has 0 radical (unpaired) electrons. The first-order valence-electron chi connectivity index (χ1n) is 7.87. The number of aliphatic hydroxyl groups excluding tert-OH is 1. The Morgan fingerprint density at radius 1 is 1.04 bits per heavy atom. The summed E-state index contributed by atoms with van der Waals surface area (Å²) in [4.78, 5) is 13.0. The zero-order valence-corrected chi connectivity index (χ0v) is 14.2. The fourth-order valence-electron chi connectivity index (χ4n) is 2.29. The lowest BCUT2D eigenvalue weighted by molar-refractivity contribution is 0.311. The molecule has 0 spiro atoms. The minimum absolute atomic E-state index is 0.00571. The minimum Gasteiger partial charge on any atom is -0.395 e. The quantitative estimate of drug-likeness (QED) is 0.603. The standard InChI is InChI=1S/C18H18ClN5O/c19-15-5-1-3-13(9-15)11-22-17-10-16(14-4-2-6-20-12-14)23-18(24-17)21-7-8-25/h1-6,9-10,12,25H,7-8,11H2,(H2,21,22,23,24). The van der Waals surface area contributed by atoms with Crippen LogP contribution in [0.25, 0.3) is 11.3 Å². The smallest absolute Gasteiger partial charge is 0.225 e. The van der Waals surface area contributed by atoms with Crippen LogP contribution in [0, 0.1) is 0 Å². The van der Waals surface area contributed by atoms with Crippen molar-refractivity contribution in [3.8, 4) is 11.3 Å². The van der Waals surface area contributed by atoms with Crippen LogP contribution in [-0.2, 0) is 6.54 Å². The van der Waals surface area contributed by atoms with E-state index in [1.807, 2.05) is 42.5 Å². The summed E-state index contributed by atoms with van der Waals surface area (Å²) in [7, 11) is 0. The third kappa shape index (κ3) is 4.89. The van der Waals surface area contributed by atoms with E-state index in [2.05, 4.69) is 25.6 Å². The molecule has 25 heavy (non-hydrogen) atoms. The first-order valence-corrected chi connectivity index (χ1v) is 8.25. The topological polar surface area (TPSA) is 83.0 Å². The summed E-state index contributed by atoms with van der Waals surface area (Å²) < 4.78 is 0. The first kappa shape index (κ1) is 17.1. The summed E-state index contributed by atoms with van der Waals surface area (Å²) in [6.07, 6.45) is 3.47. The fourth-order valence-corrected chi connectivity index (χ4v) is 2.50. The summed E-state index contributed by atoms with van der Waals surface area (Å²) in [6, 6.07) is 13.3. The maximum atomic E-state index is 9.01. The molecule has 3 aromatic rings. The van der Waals surface area contributed by atoms with Crippen LogP contribution in [0.5, 0.6) is 0 Å². The van der Waals surface area contributed by atoms with Gasteiger partial charge in [-0.15, -0.1) is 0 Å². The van der Waals surface area contributed by atoms with Crippen LogP contribution < -0.4 is 10.6 Å². The van der Waals surface area contributed by atoms with E-state index < -0.39 is 0 Å². The molecule has 0 unspecified atom stereocenters. The molecule has 0 saturated heterocycles. The monoisotopic (exact) mass is 355 g/mol. The second-order valence-corrected chi connectivity index (χ2v) is 5.77. The number of nitrogens with one attached hydrogen (secondary N) is 2. The molecule has 2 aromatic heterocycles. The van der Waals surface area contributed by atoms with Gasteiger partial charge in [-0.05, 0) is 29.8 Å². The SMILES string of the molecule is OCCNc1nc(NCc2cccc(Cl)c2)cc(-c2cccnc2)n1. The molecule has 3 N–H and O–H groups in total. The summed E-state index contributed by atoms with van der Waals surface area (Å²) in [5.41, 5.74) is 2.69. The van der Waals surface area contributed by atoms with Gasteiger partial charge in [0.1, 0.15) is 5.82 Å². The zero-order chi connectivity index (χ0) is 17.5. The highest BCUT2D eigenvalue weighted by Gasteiger charge is 2.07. The molecule has 7 heteroatoms. The number of halogens is 1. The van der Waals surface area contributed by atoms with Crippen LogP contribution in [0.3, 0.4) is 0 Å². The predicted octanol–water partition coefficient (Wildman–Crippen LogP) is 3.21. The molecule has 0 fully saturated rings. The summed E-state index contributed by atoms with van der Waals surface area (Å²) in [6.45, 7) is 0.972. The molecule has 0 atom stereocenters. The van der Waals surface area contributed by atoms with E-state index in [1.54, 1.807) is 12.4 Å². The molecule has 1 aromatic carbocycles. The number of nitrogens with zero attached hydrogens (tertiary/aromatic N) is 3. The highest BCUT2D eigenvalue weighted by molar-refractivity contribution is 6.30. The molecule has 0 aliphatic rings. The van der Waals surface area contributed by atoms with Gasteiger partial charge < -0.3 is 15.7 Å². The molecule has 128 valence electrons. The van der Waals surface area contributed by atoms with Gasteiger partial charge in [-0.1, -0.05) is 23.7 Å². The number of pyridine rings is 1. The second kappa shape index (κ2) is 8.41. The van der Waals surface area contributed by atoms with Crippen molar-refractivity contribution in [2.45, 2.75) is 6.54 Å². The molecular formula is C18H18ClN5O. The summed E-state index contributed by atoms with van der Waals surface area (Å²) >= 11 is 6.02. The van der Waals surface area contributed by atoms with E-state index in [-0.39, 0.29) is 6.61 Å². The Balaban J connectivity index is 1.84. The fraction of sp³-hybridized carbons (Fsp3) is 0.167. The van der Waals surface area contributed by atoms with Gasteiger partial charge in [0.25, 0.3) is 0 Å². The average Bonchev–Trinajstić information content (AvgIpc) is 2.65. The van der Waals surface area contributed by atoms with Crippen LogP contribution in [-0.4, -0.2) is 33.2 Å². The maximum absolute atomic E-state index is 9.01. The van der Waals surface area contributed by atoms with Gasteiger partial charge in [0.05, 0.1) is 12.3 Å². The van der Waals surface area contributed by atoms with Crippen molar-refractivity contribution >= 4 is 23.4 Å². The third-order valence-electron chi connectivity index (χ3n) is 3.44. The molecular weight excluding hydrogens is 338 g/mol. The van der Waals surface area contributed by atoms with Crippen LogP contribution >= 0.6 is 11.6 Å². The van der Waals surface area contributed by atoms with E-state index in [0.29, 0.717) is 29.9 Å². The van der Waals surface area contributed by atoms with E-state index in [4.69, 9.17) is 16.7 Å². The Morgan fingerprint density at radius 3 is 2.72 bits per heavy atom. The maximum Gasteiger partial charge on any atom is 0.225 e. The predicted molar refractivity (Wildman–Crippen MR) is 99.6 cm³/mol. The Kier molecular flexibility index (Phi) is 5.77. The largest absolute Gasteiger partial charge is 0.395 e. The zero-order valence-electron chi connectivity index (χ0n) is 13.5. The number of aromatic nitrogens is 3. The molecule has 0 aliphatic heterocycles. The van der Waals surface area contributed by atoms with E-state index in [0.717, 1.165) is 16.8 Å². The number of anilines is 2. The number of rotatable bonds is 7. The lowest BCUT2D eigenvalue weighted by atomic mass is 10.2. The number of hydrogen-bond donors (Lipinski definition) is 3. The molecule has 2 heterocycles. The summed E-state index contributed by atoms with van der Waals surface area (Å²) in [5.74, 6) is 1.12. The first-order chi connectivity index (χ1) is 12.2. The third-order valence-corrected chi connectivity index (χ3v) is 3.68. The minimum atomic E-state index is 0.00571. The van der Waals surface area contributed by atoms with Gasteiger partial charge in [0, 0.05) is 42.1 Å². The Morgan fingerprint density at radius 2 is 1.96 bits per heavy atom. The Hall–Kier alpha value is -2.70. The van der Waals surface area contributed by atoms with Crippen molar-refractivity contribution in [2.75, 3.05) is 23.8 Å². The summed E-state index contributed by atoms with van der Waals surface area (Å²) in [5, 5.41) is 16.0. The molecule has 0 bridgehead atoms. The normalized spacial score (nSPS) is 10.5. The lowest BCUT2D eigenvalue weighted by Crippen LogP contribution is -2.11. The molecule has 0 amide bonds. The van der Waals surface area contributed by atoms with Crippen LogP contribution in [0.2, 0.25) is 5.02 Å². The molecule has 0 saturated carbocycles.